The predicted octanol–water partition coefficient (Wildman–Crippen LogP) is 3.72. The Bertz CT molecular complexity index is 925. The van der Waals surface area contributed by atoms with Crippen LogP contribution in [-0.4, -0.2) is 16.5 Å². The van der Waals surface area contributed by atoms with Gasteiger partial charge in [-0.05, 0) is 46.5 Å². The van der Waals surface area contributed by atoms with Crippen molar-refractivity contribution in [2.24, 2.45) is 0 Å². The Morgan fingerprint density at radius 3 is 1.54 bits per heavy atom. The highest BCUT2D eigenvalue weighted by molar-refractivity contribution is 7.92. The van der Waals surface area contributed by atoms with Crippen LogP contribution in [0.3, 0.4) is 0 Å². The van der Waals surface area contributed by atoms with E-state index in [0.717, 1.165) is 32.6 Å². The van der Waals surface area contributed by atoms with Crippen molar-refractivity contribution in [2.45, 2.75) is 36.7 Å². The Hall–Kier alpha value is -1.91. The van der Waals surface area contributed by atoms with Crippen LogP contribution in [0.25, 0.3) is 11.1 Å². The van der Waals surface area contributed by atoms with Gasteiger partial charge in [-0.25, -0.2) is 8.42 Å². The van der Waals surface area contributed by atoms with Crippen molar-refractivity contribution in [3.8, 4) is 0 Å². The van der Waals surface area contributed by atoms with Crippen LogP contribution < -0.4 is 10.4 Å². The molecule has 4 heteroatoms. The third-order valence-electron chi connectivity index (χ3n) is 4.83. The average Bonchev–Trinajstić information content (AvgIpc) is 2.52. The summed E-state index contributed by atoms with van der Waals surface area (Å²) >= 11 is 0. The van der Waals surface area contributed by atoms with Crippen molar-refractivity contribution in [3.63, 3.8) is 0 Å². The summed E-state index contributed by atoms with van der Waals surface area (Å²) in [5.74, 6) is 0. The van der Waals surface area contributed by atoms with E-state index in [2.05, 4.69) is 26.3 Å². The number of allylic oxidation sites excluding steroid dienone is 2. The van der Waals surface area contributed by atoms with Gasteiger partial charge in [-0.1, -0.05) is 62.7 Å². The second-order valence-electron chi connectivity index (χ2n) is 7.05. The predicted molar refractivity (Wildman–Crippen MR) is 105 cm³/mol. The molecule has 3 rings (SSSR count). The van der Waals surface area contributed by atoms with Gasteiger partial charge < -0.3 is 0 Å². The maximum atomic E-state index is 13.6. The van der Waals surface area contributed by atoms with Crippen LogP contribution in [0.4, 0.5) is 0 Å². The fourth-order valence-corrected chi connectivity index (χ4v) is 10.6. The minimum absolute atomic E-state index is 0.454. The summed E-state index contributed by atoms with van der Waals surface area (Å²) in [6.07, 6.45) is 0. The summed E-state index contributed by atoms with van der Waals surface area (Å²) in [5, 5.41) is 1.93. The van der Waals surface area contributed by atoms with Crippen LogP contribution in [0.5, 0.6) is 0 Å². The Morgan fingerprint density at radius 1 is 0.833 bits per heavy atom. The highest BCUT2D eigenvalue weighted by Gasteiger charge is 2.44. The summed E-state index contributed by atoms with van der Waals surface area (Å²) in [6.45, 7) is 16.1. The normalized spacial score (nSPS) is 16.8. The first kappa shape index (κ1) is 16.9. The highest BCUT2D eigenvalue weighted by atomic mass is 32.2. The van der Waals surface area contributed by atoms with Crippen molar-refractivity contribution in [2.75, 3.05) is 0 Å². The van der Waals surface area contributed by atoms with Gasteiger partial charge in [0.05, 0.1) is 9.79 Å². The SMILES string of the molecule is C=C(C)c1cccc2c1S(=O)(=O)c1c(C(=C)C)cccc1[Si]2(C)C. The minimum atomic E-state index is -3.61. The van der Waals surface area contributed by atoms with E-state index < -0.39 is 17.9 Å². The smallest absolute Gasteiger partial charge is 0.207 e. The van der Waals surface area contributed by atoms with Gasteiger partial charge in [-0.15, -0.1) is 0 Å². The van der Waals surface area contributed by atoms with Crippen molar-refractivity contribution in [1.29, 1.82) is 0 Å². The van der Waals surface area contributed by atoms with Crippen LogP contribution in [-0.2, 0) is 9.84 Å². The van der Waals surface area contributed by atoms with E-state index in [0.29, 0.717) is 9.79 Å². The molecule has 1 heterocycles. The molecule has 0 aliphatic carbocycles. The number of hydrogen-bond acceptors (Lipinski definition) is 2. The van der Waals surface area contributed by atoms with E-state index in [1.165, 1.54) is 0 Å². The third-order valence-corrected chi connectivity index (χ3v) is 10.7. The van der Waals surface area contributed by atoms with Gasteiger partial charge in [0.2, 0.25) is 9.84 Å². The number of benzene rings is 2. The largest absolute Gasteiger partial charge is 0.218 e. The summed E-state index contributed by atoms with van der Waals surface area (Å²) in [7, 11) is -5.75. The van der Waals surface area contributed by atoms with E-state index in [-0.39, 0.29) is 0 Å². The molecule has 124 valence electrons. The highest BCUT2D eigenvalue weighted by Crippen LogP contribution is 2.35. The van der Waals surface area contributed by atoms with E-state index in [1.807, 2.05) is 50.2 Å². The molecular weight excluding hydrogens is 332 g/mol. The molecule has 1 aliphatic heterocycles. The van der Waals surface area contributed by atoms with Gasteiger partial charge in [-0.2, -0.15) is 0 Å². The van der Waals surface area contributed by atoms with Crippen LogP contribution in [0.1, 0.15) is 25.0 Å². The lowest BCUT2D eigenvalue weighted by Crippen LogP contribution is -2.59. The first-order chi connectivity index (χ1) is 11.1. The van der Waals surface area contributed by atoms with E-state index in [1.54, 1.807) is 0 Å². The van der Waals surface area contributed by atoms with E-state index in [4.69, 9.17) is 0 Å². The standard InChI is InChI=1S/C20H22O2SSi/c1-13(2)15-9-7-11-17-19(15)23(21,22)20-16(14(3)4)10-8-12-18(20)24(17,5)6/h7-12H,1,3H2,2,4-6H3. The van der Waals surface area contributed by atoms with Gasteiger partial charge in [0.1, 0.15) is 8.07 Å². The zero-order valence-electron chi connectivity index (χ0n) is 14.6. The van der Waals surface area contributed by atoms with Gasteiger partial charge in [0.15, 0.2) is 0 Å². The Morgan fingerprint density at radius 2 is 1.21 bits per heavy atom. The second kappa shape index (κ2) is 5.29. The first-order valence-electron chi connectivity index (χ1n) is 7.94. The van der Waals surface area contributed by atoms with Crippen molar-refractivity contribution in [1.82, 2.24) is 0 Å². The molecule has 2 aromatic rings. The molecule has 0 aromatic heterocycles. The fourth-order valence-electron chi connectivity index (χ4n) is 3.56. The number of fused-ring (bicyclic) bond motifs is 2. The number of hydrogen-bond donors (Lipinski definition) is 0. The van der Waals surface area contributed by atoms with E-state index >= 15 is 0 Å². The molecule has 2 aromatic carbocycles. The van der Waals surface area contributed by atoms with Crippen LogP contribution in [0, 0.1) is 0 Å². The zero-order chi connectivity index (χ0) is 17.9. The van der Waals surface area contributed by atoms with Crippen LogP contribution >= 0.6 is 0 Å². The molecule has 0 N–H and O–H groups in total. The van der Waals surface area contributed by atoms with Crippen molar-refractivity contribution in [3.05, 3.63) is 60.7 Å². The Labute approximate surface area is 145 Å². The summed E-state index contributed by atoms with van der Waals surface area (Å²) < 4.78 is 27.1. The molecule has 24 heavy (non-hydrogen) atoms. The van der Waals surface area contributed by atoms with Gasteiger partial charge in [-0.3, -0.25) is 0 Å². The molecule has 0 saturated heterocycles. The quantitative estimate of drug-likeness (QED) is 0.770. The van der Waals surface area contributed by atoms with Gasteiger partial charge in [0.25, 0.3) is 0 Å². The van der Waals surface area contributed by atoms with Gasteiger partial charge >= 0.3 is 0 Å². The molecule has 0 atom stereocenters. The van der Waals surface area contributed by atoms with Crippen molar-refractivity contribution < 1.29 is 8.42 Å². The summed E-state index contributed by atoms with van der Waals surface area (Å²) in [5.41, 5.74) is 3.01. The second-order valence-corrected chi connectivity index (χ2v) is 13.2. The Balaban J connectivity index is 2.56. The summed E-state index contributed by atoms with van der Waals surface area (Å²) in [6, 6.07) is 11.6. The average molecular weight is 355 g/mol. The zero-order valence-corrected chi connectivity index (χ0v) is 16.4. The number of sulfone groups is 1. The maximum absolute atomic E-state index is 13.6. The topological polar surface area (TPSA) is 34.1 Å². The fraction of sp³-hybridized carbons (Fsp3) is 0.200. The minimum Gasteiger partial charge on any atom is -0.218 e. The molecule has 0 unspecified atom stereocenters. The van der Waals surface area contributed by atoms with Crippen molar-refractivity contribution >= 4 is 39.4 Å². The molecule has 0 spiro atoms. The molecule has 0 radical (unpaired) electrons. The molecule has 0 amide bonds. The Kier molecular flexibility index (Phi) is 3.73. The third kappa shape index (κ3) is 2.17. The lowest BCUT2D eigenvalue weighted by molar-refractivity contribution is 0.596. The lowest BCUT2D eigenvalue weighted by Gasteiger charge is -2.35. The van der Waals surface area contributed by atoms with E-state index in [9.17, 15) is 8.42 Å². The molecular formula is C20H22O2SSi. The maximum Gasteiger partial charge on any atom is 0.207 e. The molecule has 0 bridgehead atoms. The number of rotatable bonds is 2. The molecule has 0 saturated carbocycles. The van der Waals surface area contributed by atoms with Crippen LogP contribution in [0.2, 0.25) is 13.1 Å². The van der Waals surface area contributed by atoms with Gasteiger partial charge in [0, 0.05) is 0 Å². The summed E-state index contributed by atoms with van der Waals surface area (Å²) in [4.78, 5) is 0.908. The van der Waals surface area contributed by atoms with Crippen LogP contribution in [0.15, 0.2) is 59.3 Å². The molecule has 1 aliphatic rings. The molecule has 2 nitrogen and oxygen atoms in total. The monoisotopic (exact) mass is 354 g/mol. The molecule has 0 fully saturated rings. The lowest BCUT2D eigenvalue weighted by atomic mass is 10.1. The first-order valence-corrected chi connectivity index (χ1v) is 12.4.